The Balaban J connectivity index is 1.93. The minimum Gasteiger partial charge on any atom is -0.478 e. The van der Waals surface area contributed by atoms with Crippen LogP contribution >= 0.6 is 0 Å². The zero-order chi connectivity index (χ0) is 15.8. The van der Waals surface area contributed by atoms with Gasteiger partial charge in [0.25, 0.3) is 0 Å². The van der Waals surface area contributed by atoms with Crippen LogP contribution in [0.5, 0.6) is 0 Å². The Morgan fingerprint density at radius 3 is 2.77 bits per heavy atom. The summed E-state index contributed by atoms with van der Waals surface area (Å²) in [5.41, 5.74) is 10.3. The van der Waals surface area contributed by atoms with E-state index in [1.807, 2.05) is 24.3 Å². The van der Waals surface area contributed by atoms with E-state index in [1.165, 1.54) is 11.6 Å². The Hall–Kier alpha value is -2.98. The number of rotatable bonds is 7. The number of carboxylic acids is 1. The van der Waals surface area contributed by atoms with Crippen LogP contribution in [0.15, 0.2) is 64.0 Å². The molecule has 0 saturated heterocycles. The average molecular weight is 297 g/mol. The molecule has 0 atom stereocenters. The number of carbonyl (C=O) groups is 1. The average Bonchev–Trinajstić information content (AvgIpc) is 2.94. The second kappa shape index (κ2) is 7.71. The van der Waals surface area contributed by atoms with Gasteiger partial charge in [-0.2, -0.15) is 0 Å². The highest BCUT2D eigenvalue weighted by Gasteiger charge is 2.05. The van der Waals surface area contributed by atoms with Gasteiger partial charge in [-0.3, -0.25) is 0 Å². The third-order valence-corrected chi connectivity index (χ3v) is 3.06. The Kier molecular flexibility index (Phi) is 5.40. The van der Waals surface area contributed by atoms with Gasteiger partial charge in [0.2, 0.25) is 0 Å². The summed E-state index contributed by atoms with van der Waals surface area (Å²) in [7, 11) is 0. The molecule has 112 valence electrons. The fourth-order valence-corrected chi connectivity index (χ4v) is 2.05. The molecule has 0 bridgehead atoms. The van der Waals surface area contributed by atoms with Gasteiger partial charge < -0.3 is 9.52 Å². The summed E-state index contributed by atoms with van der Waals surface area (Å²) in [6.45, 7) is 0. The van der Waals surface area contributed by atoms with Gasteiger partial charge in [0.1, 0.15) is 11.5 Å². The standard InChI is InChI=1S/C16H15N3O3/c17-19-18-15(16(20)21)8-4-7-14-10-13(11-22-14)9-12-5-2-1-3-6-12/h1-3,5-6,8,10-11H,4,7,9H2,(H,20,21). The summed E-state index contributed by atoms with van der Waals surface area (Å²) >= 11 is 0. The highest BCUT2D eigenvalue weighted by molar-refractivity contribution is 5.85. The Bertz CT molecular complexity index is 709. The third kappa shape index (κ3) is 4.54. The molecule has 0 unspecified atom stereocenters. The normalized spacial score (nSPS) is 11.0. The van der Waals surface area contributed by atoms with Crippen molar-refractivity contribution in [3.63, 3.8) is 0 Å². The molecule has 0 aliphatic rings. The number of furan rings is 1. The molecule has 22 heavy (non-hydrogen) atoms. The lowest BCUT2D eigenvalue weighted by Crippen LogP contribution is -1.97. The predicted octanol–water partition coefficient (Wildman–Crippen LogP) is 4.08. The van der Waals surface area contributed by atoms with Crippen LogP contribution in [0.1, 0.15) is 23.3 Å². The minimum absolute atomic E-state index is 0.293. The molecular formula is C16H15N3O3. The van der Waals surface area contributed by atoms with Crippen LogP contribution in [0.25, 0.3) is 10.4 Å². The van der Waals surface area contributed by atoms with E-state index in [4.69, 9.17) is 15.1 Å². The highest BCUT2D eigenvalue weighted by atomic mass is 16.4. The van der Waals surface area contributed by atoms with Crippen LogP contribution in [-0.2, 0) is 17.6 Å². The maximum atomic E-state index is 10.8. The van der Waals surface area contributed by atoms with Crippen LogP contribution < -0.4 is 0 Å². The SMILES string of the molecule is [N-]=[N+]=NC(=CCCc1cc(Cc2ccccc2)co1)C(=O)O. The number of azide groups is 1. The van der Waals surface area contributed by atoms with Crippen molar-refractivity contribution in [3.05, 3.63) is 81.8 Å². The van der Waals surface area contributed by atoms with Gasteiger partial charge in [-0.05, 0) is 29.1 Å². The molecular weight excluding hydrogens is 282 g/mol. The molecule has 0 radical (unpaired) electrons. The van der Waals surface area contributed by atoms with Gasteiger partial charge in [0, 0.05) is 17.8 Å². The lowest BCUT2D eigenvalue weighted by Gasteiger charge is -1.96. The van der Waals surface area contributed by atoms with Crippen LogP contribution in [0.4, 0.5) is 0 Å². The van der Waals surface area contributed by atoms with Crippen molar-refractivity contribution < 1.29 is 14.3 Å². The fraction of sp³-hybridized carbons (Fsp3) is 0.188. The second-order valence-electron chi connectivity index (χ2n) is 4.71. The number of allylic oxidation sites excluding steroid dienone is 1. The van der Waals surface area contributed by atoms with E-state index in [0.29, 0.717) is 12.8 Å². The topological polar surface area (TPSA) is 99.2 Å². The first kappa shape index (κ1) is 15.4. The number of aliphatic carboxylic acids is 1. The maximum Gasteiger partial charge on any atom is 0.337 e. The number of aryl methyl sites for hydroxylation is 1. The molecule has 6 nitrogen and oxygen atoms in total. The maximum absolute atomic E-state index is 10.8. The van der Waals surface area contributed by atoms with Gasteiger partial charge in [0.15, 0.2) is 0 Å². The number of hydrogen-bond acceptors (Lipinski definition) is 3. The molecule has 1 N–H and O–H groups in total. The lowest BCUT2D eigenvalue weighted by molar-refractivity contribution is -0.132. The Morgan fingerprint density at radius 1 is 1.32 bits per heavy atom. The van der Waals surface area contributed by atoms with E-state index in [1.54, 1.807) is 6.26 Å². The fourth-order valence-electron chi connectivity index (χ4n) is 2.05. The van der Waals surface area contributed by atoms with Crippen molar-refractivity contribution in [2.45, 2.75) is 19.3 Å². The highest BCUT2D eigenvalue weighted by Crippen LogP contribution is 2.15. The van der Waals surface area contributed by atoms with Crippen molar-refractivity contribution >= 4 is 5.97 Å². The summed E-state index contributed by atoms with van der Waals surface area (Å²) < 4.78 is 5.46. The molecule has 1 aromatic carbocycles. The third-order valence-electron chi connectivity index (χ3n) is 3.06. The van der Waals surface area contributed by atoms with E-state index in [9.17, 15) is 4.79 Å². The Labute approximate surface area is 127 Å². The second-order valence-corrected chi connectivity index (χ2v) is 4.71. The van der Waals surface area contributed by atoms with E-state index in [0.717, 1.165) is 17.7 Å². The van der Waals surface area contributed by atoms with Crippen molar-refractivity contribution in [1.82, 2.24) is 0 Å². The van der Waals surface area contributed by atoms with Crippen molar-refractivity contribution in [2.75, 3.05) is 0 Å². The minimum atomic E-state index is -1.23. The molecule has 1 aromatic heterocycles. The molecule has 0 saturated carbocycles. The van der Waals surface area contributed by atoms with Gasteiger partial charge in [-0.25, -0.2) is 4.79 Å². The zero-order valence-corrected chi connectivity index (χ0v) is 11.8. The number of carboxylic acid groups (broad SMARTS) is 1. The first-order valence-electron chi connectivity index (χ1n) is 6.78. The zero-order valence-electron chi connectivity index (χ0n) is 11.8. The molecule has 0 aliphatic heterocycles. The van der Waals surface area contributed by atoms with Crippen LogP contribution in [-0.4, -0.2) is 11.1 Å². The monoisotopic (exact) mass is 297 g/mol. The van der Waals surface area contributed by atoms with E-state index in [2.05, 4.69) is 22.2 Å². The van der Waals surface area contributed by atoms with Gasteiger partial charge >= 0.3 is 5.97 Å². The van der Waals surface area contributed by atoms with Crippen molar-refractivity contribution in [2.24, 2.45) is 5.11 Å². The summed E-state index contributed by atoms with van der Waals surface area (Å²) in [6, 6.07) is 12.0. The largest absolute Gasteiger partial charge is 0.478 e. The van der Waals surface area contributed by atoms with Crippen LogP contribution in [0, 0.1) is 0 Å². The van der Waals surface area contributed by atoms with Crippen molar-refractivity contribution in [1.29, 1.82) is 0 Å². The molecule has 0 fully saturated rings. The molecule has 0 spiro atoms. The van der Waals surface area contributed by atoms with Gasteiger partial charge in [-0.15, -0.1) is 0 Å². The first-order chi connectivity index (χ1) is 10.7. The first-order valence-corrected chi connectivity index (χ1v) is 6.78. The number of nitrogens with zero attached hydrogens (tertiary/aromatic N) is 3. The van der Waals surface area contributed by atoms with Crippen molar-refractivity contribution in [3.8, 4) is 0 Å². The quantitative estimate of drug-likeness (QED) is 0.360. The van der Waals surface area contributed by atoms with Crippen LogP contribution in [0.2, 0.25) is 0 Å². The molecule has 6 heteroatoms. The molecule has 0 amide bonds. The number of hydrogen-bond donors (Lipinski definition) is 1. The van der Waals surface area contributed by atoms with E-state index < -0.39 is 5.97 Å². The molecule has 2 aromatic rings. The smallest absolute Gasteiger partial charge is 0.337 e. The Morgan fingerprint density at radius 2 is 2.09 bits per heavy atom. The summed E-state index contributed by atoms with van der Waals surface area (Å²) in [5.74, 6) is -0.463. The number of benzene rings is 1. The predicted molar refractivity (Wildman–Crippen MR) is 81.1 cm³/mol. The summed E-state index contributed by atoms with van der Waals surface area (Å²) in [5, 5.41) is 11.9. The van der Waals surface area contributed by atoms with Gasteiger partial charge in [0.05, 0.1) is 6.26 Å². The van der Waals surface area contributed by atoms with E-state index in [-0.39, 0.29) is 5.70 Å². The molecule has 1 heterocycles. The van der Waals surface area contributed by atoms with E-state index >= 15 is 0 Å². The molecule has 0 aliphatic carbocycles. The summed E-state index contributed by atoms with van der Waals surface area (Å²) in [4.78, 5) is 13.3. The lowest BCUT2D eigenvalue weighted by atomic mass is 10.1. The van der Waals surface area contributed by atoms with Crippen LogP contribution in [0.3, 0.4) is 0 Å². The van der Waals surface area contributed by atoms with Gasteiger partial charge in [-0.1, -0.05) is 41.5 Å². The molecule has 2 rings (SSSR count). The summed E-state index contributed by atoms with van der Waals surface area (Å²) in [6.07, 6.45) is 4.86.